The molecule has 0 atom stereocenters. The molecule has 0 bridgehead atoms. The van der Waals surface area contributed by atoms with Crippen molar-refractivity contribution in [3.8, 4) is 5.75 Å². The number of aliphatic carboxylic acids is 3. The summed E-state index contributed by atoms with van der Waals surface area (Å²) in [5.41, 5.74) is 6.35. The molecule has 0 unspecified atom stereocenters. The molecule has 1 amide bonds. The Morgan fingerprint density at radius 2 is 1.06 bits per heavy atom. The average molecular weight is 862 g/mol. The first kappa shape index (κ1) is 50.2. The molecule has 0 heterocycles. The molecule has 0 radical (unpaired) electrons. The highest BCUT2D eigenvalue weighted by atomic mass is 79.9. The third-order valence-corrected chi connectivity index (χ3v) is 5.90. The second-order valence-corrected chi connectivity index (χ2v) is 10.5. The van der Waals surface area contributed by atoms with E-state index in [4.69, 9.17) is 40.2 Å². The van der Waals surface area contributed by atoms with Crippen LogP contribution < -0.4 is 26.4 Å². The number of nitrogens with two attached hydrogens (primary N) is 1. The summed E-state index contributed by atoms with van der Waals surface area (Å²) >= 11 is 6.91. The van der Waals surface area contributed by atoms with E-state index in [1.54, 1.807) is 19.3 Å². The number of nitrogens with one attached hydrogen (secondary N) is 3. The van der Waals surface area contributed by atoms with Crippen molar-refractivity contribution in [1.29, 1.82) is 0 Å². The maximum absolute atomic E-state index is 11.9. The molecule has 0 aliphatic rings. The van der Waals surface area contributed by atoms with Gasteiger partial charge in [0.25, 0.3) is 0 Å². The van der Waals surface area contributed by atoms with E-state index in [0.29, 0.717) is 6.54 Å². The van der Waals surface area contributed by atoms with Gasteiger partial charge in [-0.2, -0.15) is 39.5 Å². The highest BCUT2D eigenvalue weighted by Gasteiger charge is 2.39. The Balaban J connectivity index is -0.000000810. The van der Waals surface area contributed by atoms with Gasteiger partial charge < -0.3 is 41.7 Å². The second kappa shape index (κ2) is 26.7. The summed E-state index contributed by atoms with van der Waals surface area (Å²) in [5.74, 6) is -7.63. The number of ether oxygens (including phenoxy) is 1. The fraction of sp³-hybridized carbons (Fsp3) is 0.538. The Hall–Kier alpha value is -3.15. The quantitative estimate of drug-likeness (QED) is 0.0716. The van der Waals surface area contributed by atoms with Gasteiger partial charge in [-0.3, -0.25) is 4.79 Å². The lowest BCUT2D eigenvalue weighted by Gasteiger charge is -2.07. The van der Waals surface area contributed by atoms with E-state index in [9.17, 15) is 44.3 Å². The molecule has 0 saturated carbocycles. The van der Waals surface area contributed by atoms with Crippen LogP contribution in [0.5, 0.6) is 5.75 Å². The van der Waals surface area contributed by atoms with Crippen LogP contribution in [-0.2, 0) is 19.2 Å². The van der Waals surface area contributed by atoms with Crippen molar-refractivity contribution in [2.75, 3.05) is 46.4 Å². The van der Waals surface area contributed by atoms with Gasteiger partial charge in [0, 0.05) is 12.6 Å². The third kappa shape index (κ3) is 30.6. The van der Waals surface area contributed by atoms with Gasteiger partial charge in [-0.1, -0.05) is 0 Å². The molecule has 0 aliphatic heterocycles. The number of amides is 1. The molecule has 0 spiro atoms. The van der Waals surface area contributed by atoms with E-state index in [1.807, 2.05) is 12.1 Å². The summed E-state index contributed by atoms with van der Waals surface area (Å²) < 4.78 is 102. The van der Waals surface area contributed by atoms with E-state index in [0.717, 1.165) is 78.7 Å². The molecule has 1 aromatic rings. The molecule has 49 heavy (non-hydrogen) atoms. The monoisotopic (exact) mass is 860 g/mol. The minimum Gasteiger partial charge on any atom is -0.494 e. The lowest BCUT2D eigenvalue weighted by molar-refractivity contribution is -0.193. The highest BCUT2D eigenvalue weighted by Crippen LogP contribution is 2.34. The van der Waals surface area contributed by atoms with E-state index in [-0.39, 0.29) is 5.91 Å². The smallest absolute Gasteiger partial charge is 0.490 e. The fourth-order valence-electron chi connectivity index (χ4n) is 2.50. The Labute approximate surface area is 290 Å². The summed E-state index contributed by atoms with van der Waals surface area (Å²) in [5, 5.41) is 31.1. The number of unbranched alkanes of at least 4 members (excludes halogenated alkanes) is 1. The topological polar surface area (TPSA) is 200 Å². The first-order chi connectivity index (χ1) is 22.4. The molecule has 0 aromatic heterocycles. The molecule has 284 valence electrons. The van der Waals surface area contributed by atoms with Crippen molar-refractivity contribution >= 4 is 61.8 Å². The summed E-state index contributed by atoms with van der Waals surface area (Å²) in [6, 6.07) is 3.82. The Bertz CT molecular complexity index is 1090. The zero-order chi connectivity index (χ0) is 38.8. The number of hydrogen-bond acceptors (Lipinski definition) is 8. The fourth-order valence-corrected chi connectivity index (χ4v) is 4.05. The average Bonchev–Trinajstić information content (AvgIpc) is 2.96. The van der Waals surface area contributed by atoms with Crippen molar-refractivity contribution < 1.29 is 78.7 Å². The lowest BCUT2D eigenvalue weighted by atomic mass is 10.2. The normalized spacial score (nSPS) is 11.2. The zero-order valence-corrected chi connectivity index (χ0v) is 28.7. The van der Waals surface area contributed by atoms with E-state index in [1.165, 1.54) is 0 Å². The van der Waals surface area contributed by atoms with Crippen molar-refractivity contribution in [3.05, 3.63) is 32.7 Å². The SMILES string of the molecule is COc1c(Br)cc(C=CC(=O)NCCCNCCCCNCCCN)cc1Br.O=C(O)C(F)(F)F.O=C(O)C(F)(F)F.O=C(O)C(F)(F)F. The molecule has 23 heteroatoms. The van der Waals surface area contributed by atoms with Crippen LogP contribution in [0.3, 0.4) is 0 Å². The predicted octanol–water partition coefficient (Wildman–Crippen LogP) is 4.95. The number of carboxylic acid groups (broad SMARTS) is 3. The minimum absolute atomic E-state index is 0.0911. The van der Waals surface area contributed by atoms with Crippen LogP contribution in [0.15, 0.2) is 27.2 Å². The summed E-state index contributed by atoms with van der Waals surface area (Å²) in [4.78, 5) is 38.6. The van der Waals surface area contributed by atoms with Crippen LogP contribution in [0.2, 0.25) is 0 Å². The largest absolute Gasteiger partial charge is 0.494 e. The first-order valence-electron chi connectivity index (χ1n) is 13.4. The van der Waals surface area contributed by atoms with Crippen molar-refractivity contribution in [3.63, 3.8) is 0 Å². The molecular weight excluding hydrogens is 827 g/mol. The van der Waals surface area contributed by atoms with Crippen LogP contribution in [0.25, 0.3) is 6.08 Å². The Kier molecular flexibility index (Phi) is 27.4. The number of rotatable bonds is 15. The van der Waals surface area contributed by atoms with Crippen LogP contribution in [0, 0.1) is 0 Å². The van der Waals surface area contributed by atoms with Gasteiger partial charge in [-0.15, -0.1) is 0 Å². The highest BCUT2D eigenvalue weighted by molar-refractivity contribution is 9.11. The van der Waals surface area contributed by atoms with Gasteiger partial charge in [0.1, 0.15) is 5.75 Å². The van der Waals surface area contributed by atoms with Crippen molar-refractivity contribution in [2.24, 2.45) is 5.73 Å². The molecule has 12 nitrogen and oxygen atoms in total. The summed E-state index contributed by atoms with van der Waals surface area (Å²) in [6.45, 7) is 5.37. The Morgan fingerprint density at radius 1 is 0.714 bits per heavy atom. The number of carbonyl (C=O) groups excluding carboxylic acids is 1. The van der Waals surface area contributed by atoms with Gasteiger partial charge in [0.15, 0.2) is 0 Å². The molecule has 0 fully saturated rings. The van der Waals surface area contributed by atoms with Crippen LogP contribution >= 0.6 is 31.9 Å². The van der Waals surface area contributed by atoms with Crippen LogP contribution in [-0.4, -0.2) is 104 Å². The summed E-state index contributed by atoms with van der Waals surface area (Å²) in [7, 11) is 1.62. The van der Waals surface area contributed by atoms with Gasteiger partial charge >= 0.3 is 36.4 Å². The van der Waals surface area contributed by atoms with E-state index < -0.39 is 36.4 Å². The van der Waals surface area contributed by atoms with Crippen LogP contribution in [0.4, 0.5) is 39.5 Å². The van der Waals surface area contributed by atoms with E-state index >= 15 is 0 Å². The number of carboxylic acids is 3. The molecular formula is C26H35Br2F9N4O8. The van der Waals surface area contributed by atoms with Crippen molar-refractivity contribution in [1.82, 2.24) is 16.0 Å². The summed E-state index contributed by atoms with van der Waals surface area (Å²) in [6.07, 6.45) is -7.66. The maximum atomic E-state index is 11.9. The minimum atomic E-state index is -5.08. The number of hydrogen-bond donors (Lipinski definition) is 7. The molecule has 0 aliphatic carbocycles. The number of carbonyl (C=O) groups is 4. The lowest BCUT2D eigenvalue weighted by Crippen LogP contribution is -2.26. The maximum Gasteiger partial charge on any atom is 0.490 e. The van der Waals surface area contributed by atoms with E-state index in [2.05, 4.69) is 47.8 Å². The first-order valence-corrected chi connectivity index (χ1v) is 15.0. The molecule has 0 saturated heterocycles. The van der Waals surface area contributed by atoms with Gasteiger partial charge in [-0.05, 0) is 114 Å². The zero-order valence-electron chi connectivity index (χ0n) is 25.5. The molecule has 8 N–H and O–H groups in total. The van der Waals surface area contributed by atoms with Crippen molar-refractivity contribution in [2.45, 2.75) is 44.2 Å². The molecule has 1 rings (SSSR count). The van der Waals surface area contributed by atoms with Gasteiger partial charge in [0.2, 0.25) is 5.91 Å². The molecule has 1 aromatic carbocycles. The number of benzene rings is 1. The number of methoxy groups -OCH3 is 1. The second-order valence-electron chi connectivity index (χ2n) is 8.75. The predicted molar refractivity (Wildman–Crippen MR) is 165 cm³/mol. The van der Waals surface area contributed by atoms with Gasteiger partial charge in [0.05, 0.1) is 16.1 Å². The number of alkyl halides is 9. The Morgan fingerprint density at radius 3 is 1.39 bits per heavy atom. The standard InChI is InChI=1S/C20H32Br2N4O2.3C2HF3O2/c1-28-20-17(21)14-16(15-18(20)22)6-7-19(27)26-13-5-12-25-10-3-2-9-24-11-4-8-23;3*3-2(4,5)1(6)7/h6-7,14-15,24-25H,2-5,8-13,23H2,1H3,(H,26,27);3*(H,6,7). The number of halogens is 11. The third-order valence-electron chi connectivity index (χ3n) is 4.72. The van der Waals surface area contributed by atoms with Crippen LogP contribution in [0.1, 0.15) is 31.2 Å². The van der Waals surface area contributed by atoms with Gasteiger partial charge in [-0.25, -0.2) is 14.4 Å².